The minimum Gasteiger partial charge on any atom is -0.481 e. The number of carboxylic acid groups (broad SMARTS) is 1. The van der Waals surface area contributed by atoms with Gasteiger partial charge in [0.05, 0.1) is 20.6 Å². The molecule has 0 aromatic heterocycles. The van der Waals surface area contributed by atoms with Gasteiger partial charge in [-0.1, -0.05) is 148 Å². The van der Waals surface area contributed by atoms with E-state index in [0.29, 0.717) is 6.42 Å². The maximum absolute atomic E-state index is 10.5. The molecule has 4 heteroatoms. The number of aliphatic hydroxyl groups excluding tert-OH is 1. The Morgan fingerprint density at radius 2 is 0.895 bits per heavy atom. The van der Waals surface area contributed by atoms with E-state index in [1.54, 1.807) is 0 Å². The number of carbonyl (C=O) groups is 1. The Balaban J connectivity index is 3.40. The minimum atomic E-state index is -0.670. The number of aliphatic hydroxyl groups is 1. The van der Waals surface area contributed by atoms with Crippen LogP contribution in [0.15, 0.2) is 0 Å². The number of aliphatic carboxylic acids is 1. The van der Waals surface area contributed by atoms with Crippen LogP contribution in [0.2, 0.25) is 0 Å². The van der Waals surface area contributed by atoms with Gasteiger partial charge in [-0.3, -0.25) is 4.79 Å². The molecular formula is C34H70NO3+. The summed E-state index contributed by atoms with van der Waals surface area (Å²) in [5.74, 6) is -0.670. The molecular weight excluding hydrogens is 470 g/mol. The zero-order valence-electron chi connectivity index (χ0n) is 26.3. The molecule has 0 aromatic carbocycles. The van der Waals surface area contributed by atoms with Crippen molar-refractivity contribution in [1.29, 1.82) is 0 Å². The summed E-state index contributed by atoms with van der Waals surface area (Å²) in [7, 11) is 4.53. The summed E-state index contributed by atoms with van der Waals surface area (Å²) in [5, 5.41) is 19.2. The number of unbranched alkanes of at least 4 members (excludes halogenated alkanes) is 23. The highest BCUT2D eigenvalue weighted by atomic mass is 16.4. The highest BCUT2D eigenvalue weighted by Gasteiger charge is 2.19. The number of rotatable bonds is 31. The predicted molar refractivity (Wildman–Crippen MR) is 166 cm³/mol. The van der Waals surface area contributed by atoms with E-state index in [1.807, 2.05) is 0 Å². The van der Waals surface area contributed by atoms with Crippen LogP contribution in [0.4, 0.5) is 0 Å². The molecule has 38 heavy (non-hydrogen) atoms. The van der Waals surface area contributed by atoms with E-state index in [4.69, 9.17) is 5.11 Å². The lowest BCUT2D eigenvalue weighted by atomic mass is 10.0. The molecule has 0 aliphatic heterocycles. The first-order chi connectivity index (χ1) is 18.4. The SMILES string of the molecule is CCCCCCCCCCCCCCCCCCCC(O)C[N+](C)(C)CCCCCCCCCCC(=O)O. The Bertz CT molecular complexity index is 494. The standard InChI is InChI=1S/C34H69NO3/c1-4-5-6-7-8-9-10-11-12-13-14-15-16-17-20-23-26-29-33(36)32-35(2,3)31-28-25-22-19-18-21-24-27-30-34(37)38/h33,36H,4-32H2,1-3H3/p+1. The van der Waals surface area contributed by atoms with Gasteiger partial charge >= 0.3 is 5.97 Å². The molecule has 0 radical (unpaired) electrons. The van der Waals surface area contributed by atoms with Crippen LogP contribution < -0.4 is 0 Å². The number of quaternary nitrogens is 1. The maximum atomic E-state index is 10.5. The molecule has 1 unspecified atom stereocenters. The van der Waals surface area contributed by atoms with Crippen molar-refractivity contribution in [2.75, 3.05) is 27.2 Å². The molecule has 1 atom stereocenters. The number of carboxylic acids is 1. The fraction of sp³-hybridized carbons (Fsp3) is 0.971. The second kappa shape index (κ2) is 27.9. The van der Waals surface area contributed by atoms with Gasteiger partial charge in [0.25, 0.3) is 0 Å². The molecule has 0 spiro atoms. The smallest absolute Gasteiger partial charge is 0.303 e. The Labute approximate surface area is 239 Å². The van der Waals surface area contributed by atoms with Gasteiger partial charge in [-0.05, 0) is 25.7 Å². The van der Waals surface area contributed by atoms with Crippen molar-refractivity contribution in [2.24, 2.45) is 0 Å². The van der Waals surface area contributed by atoms with E-state index >= 15 is 0 Å². The monoisotopic (exact) mass is 541 g/mol. The lowest BCUT2D eigenvalue weighted by Gasteiger charge is -2.32. The summed E-state index contributed by atoms with van der Waals surface area (Å²) >= 11 is 0. The Hall–Kier alpha value is -0.610. The van der Waals surface area contributed by atoms with Gasteiger partial charge in [-0.2, -0.15) is 0 Å². The van der Waals surface area contributed by atoms with Crippen molar-refractivity contribution >= 4 is 5.97 Å². The van der Waals surface area contributed by atoms with E-state index in [9.17, 15) is 9.90 Å². The molecule has 0 fully saturated rings. The van der Waals surface area contributed by atoms with Gasteiger partial charge in [0.1, 0.15) is 12.6 Å². The molecule has 2 N–H and O–H groups in total. The van der Waals surface area contributed by atoms with Crippen molar-refractivity contribution in [3.8, 4) is 0 Å². The molecule has 0 saturated heterocycles. The molecule has 4 nitrogen and oxygen atoms in total. The summed E-state index contributed by atoms with van der Waals surface area (Å²) in [6.07, 6.45) is 34.2. The highest BCUT2D eigenvalue weighted by Crippen LogP contribution is 2.16. The maximum Gasteiger partial charge on any atom is 0.303 e. The molecule has 0 bridgehead atoms. The van der Waals surface area contributed by atoms with Crippen LogP contribution >= 0.6 is 0 Å². The third-order valence-corrected chi connectivity index (χ3v) is 8.25. The number of likely N-dealkylation sites (N-methyl/N-ethyl adjacent to an activating group) is 1. The fourth-order valence-electron chi connectivity index (χ4n) is 5.73. The molecule has 0 aliphatic rings. The van der Waals surface area contributed by atoms with Crippen LogP contribution in [0, 0.1) is 0 Å². The highest BCUT2D eigenvalue weighted by molar-refractivity contribution is 5.66. The lowest BCUT2D eigenvalue weighted by Crippen LogP contribution is -2.45. The summed E-state index contributed by atoms with van der Waals surface area (Å²) in [5.41, 5.74) is 0. The zero-order valence-corrected chi connectivity index (χ0v) is 26.3. The quantitative estimate of drug-likeness (QED) is 0.0679. The van der Waals surface area contributed by atoms with Crippen LogP contribution in [-0.2, 0) is 4.79 Å². The molecule has 0 saturated carbocycles. The van der Waals surface area contributed by atoms with Gasteiger partial charge in [0.2, 0.25) is 0 Å². The molecule has 0 amide bonds. The van der Waals surface area contributed by atoms with Gasteiger partial charge in [-0.25, -0.2) is 0 Å². The second-order valence-corrected chi connectivity index (χ2v) is 12.9. The van der Waals surface area contributed by atoms with Crippen LogP contribution in [-0.4, -0.2) is 54.0 Å². The molecule has 228 valence electrons. The first-order valence-corrected chi connectivity index (χ1v) is 17.1. The summed E-state index contributed by atoms with van der Waals surface area (Å²) < 4.78 is 0.926. The van der Waals surface area contributed by atoms with Crippen molar-refractivity contribution in [2.45, 2.75) is 186 Å². The van der Waals surface area contributed by atoms with Crippen molar-refractivity contribution < 1.29 is 19.5 Å². The normalized spacial score (nSPS) is 12.7. The van der Waals surface area contributed by atoms with E-state index in [0.717, 1.165) is 36.8 Å². The van der Waals surface area contributed by atoms with E-state index < -0.39 is 5.97 Å². The summed E-state index contributed by atoms with van der Waals surface area (Å²) in [4.78, 5) is 10.5. The Morgan fingerprint density at radius 3 is 1.29 bits per heavy atom. The number of hydrogen-bond acceptors (Lipinski definition) is 2. The molecule has 0 aliphatic carbocycles. The number of nitrogens with zero attached hydrogens (tertiary/aromatic N) is 1. The van der Waals surface area contributed by atoms with Crippen LogP contribution in [0.1, 0.15) is 180 Å². The largest absolute Gasteiger partial charge is 0.481 e. The summed E-state index contributed by atoms with van der Waals surface area (Å²) in [6.45, 7) is 4.32. The van der Waals surface area contributed by atoms with E-state index in [1.165, 1.54) is 148 Å². The van der Waals surface area contributed by atoms with E-state index in [-0.39, 0.29) is 6.10 Å². The zero-order chi connectivity index (χ0) is 28.2. The minimum absolute atomic E-state index is 0.160. The number of hydrogen-bond donors (Lipinski definition) is 2. The Morgan fingerprint density at radius 1 is 0.553 bits per heavy atom. The molecule has 0 aromatic rings. The van der Waals surface area contributed by atoms with Crippen molar-refractivity contribution in [3.63, 3.8) is 0 Å². The second-order valence-electron chi connectivity index (χ2n) is 12.9. The fourth-order valence-corrected chi connectivity index (χ4v) is 5.73. The van der Waals surface area contributed by atoms with Crippen LogP contribution in [0.25, 0.3) is 0 Å². The van der Waals surface area contributed by atoms with Crippen molar-refractivity contribution in [3.05, 3.63) is 0 Å². The van der Waals surface area contributed by atoms with Gasteiger partial charge in [-0.15, -0.1) is 0 Å². The third kappa shape index (κ3) is 29.9. The average Bonchev–Trinajstić information content (AvgIpc) is 2.86. The summed E-state index contributed by atoms with van der Waals surface area (Å²) in [6, 6.07) is 0. The van der Waals surface area contributed by atoms with Gasteiger partial charge < -0.3 is 14.7 Å². The van der Waals surface area contributed by atoms with Gasteiger partial charge in [0, 0.05) is 6.42 Å². The molecule has 0 rings (SSSR count). The van der Waals surface area contributed by atoms with E-state index in [2.05, 4.69) is 21.0 Å². The van der Waals surface area contributed by atoms with Crippen molar-refractivity contribution in [1.82, 2.24) is 0 Å². The van der Waals surface area contributed by atoms with Crippen LogP contribution in [0.3, 0.4) is 0 Å². The topological polar surface area (TPSA) is 57.5 Å². The Kier molecular flexibility index (Phi) is 27.5. The molecule has 0 heterocycles. The lowest BCUT2D eigenvalue weighted by molar-refractivity contribution is -0.893. The predicted octanol–water partition coefficient (Wildman–Crippen LogP) is 10.1. The third-order valence-electron chi connectivity index (χ3n) is 8.25. The first kappa shape index (κ1) is 37.4. The average molecular weight is 541 g/mol. The first-order valence-electron chi connectivity index (χ1n) is 17.1. The van der Waals surface area contributed by atoms with Gasteiger partial charge in [0.15, 0.2) is 0 Å². The van der Waals surface area contributed by atoms with Crippen LogP contribution in [0.5, 0.6) is 0 Å².